The molecule has 1 aliphatic rings. The number of amides is 1. The minimum atomic E-state index is -4.12. The van der Waals surface area contributed by atoms with Crippen molar-refractivity contribution in [3.05, 3.63) is 66.7 Å². The number of benzene rings is 3. The van der Waals surface area contributed by atoms with Gasteiger partial charge in [-0.3, -0.25) is 14.4 Å². The molecule has 0 spiro atoms. The number of ether oxygens (including phenoxy) is 2. The van der Waals surface area contributed by atoms with Crippen LogP contribution in [0.25, 0.3) is 11.0 Å². The van der Waals surface area contributed by atoms with Crippen LogP contribution in [0.4, 0.5) is 23.0 Å². The lowest BCUT2D eigenvalue weighted by molar-refractivity contribution is -0.118. The summed E-state index contributed by atoms with van der Waals surface area (Å²) in [5, 5.41) is 5.98. The molecule has 42 heavy (non-hydrogen) atoms. The summed E-state index contributed by atoms with van der Waals surface area (Å²) in [4.78, 5) is 24.1. The summed E-state index contributed by atoms with van der Waals surface area (Å²) >= 11 is 0. The number of carbonyl (C=O) groups is 1. The first-order chi connectivity index (χ1) is 20.2. The van der Waals surface area contributed by atoms with Crippen LogP contribution in [0.5, 0.6) is 11.5 Å². The molecule has 11 nitrogen and oxygen atoms in total. The summed E-state index contributed by atoms with van der Waals surface area (Å²) in [5.41, 5.74) is 2.03. The van der Waals surface area contributed by atoms with Gasteiger partial charge in [0, 0.05) is 35.6 Å². The summed E-state index contributed by atoms with van der Waals surface area (Å²) < 4.78 is 40.4. The molecule has 1 saturated heterocycles. The van der Waals surface area contributed by atoms with Crippen LogP contribution in [0.3, 0.4) is 0 Å². The Bertz CT molecular complexity index is 1670. The van der Waals surface area contributed by atoms with Crippen molar-refractivity contribution in [1.82, 2.24) is 14.9 Å². The number of hydrogen-bond acceptors (Lipinski definition) is 9. The zero-order valence-electron chi connectivity index (χ0n) is 23.8. The van der Waals surface area contributed by atoms with Crippen molar-refractivity contribution in [3.63, 3.8) is 0 Å². The van der Waals surface area contributed by atoms with Crippen LogP contribution in [-0.2, 0) is 14.8 Å². The average Bonchev–Trinajstić information content (AvgIpc) is 2.98. The Morgan fingerprint density at radius 3 is 2.26 bits per heavy atom. The van der Waals surface area contributed by atoms with Crippen LogP contribution in [0, 0.1) is 0 Å². The smallest absolute Gasteiger partial charge is 0.263 e. The fourth-order valence-corrected chi connectivity index (χ4v) is 5.93. The molecule has 4 aromatic rings. The number of aromatic nitrogens is 2. The molecule has 1 unspecified atom stereocenters. The monoisotopic (exact) mass is 590 g/mol. The Balaban J connectivity index is 1.41. The fraction of sp³-hybridized carbons (Fsp3) is 0.300. The van der Waals surface area contributed by atoms with Crippen molar-refractivity contribution in [2.75, 3.05) is 42.7 Å². The number of anilines is 4. The van der Waals surface area contributed by atoms with Gasteiger partial charge >= 0.3 is 0 Å². The highest BCUT2D eigenvalue weighted by Gasteiger charge is 2.22. The number of hydrogen-bond donors (Lipinski definition) is 3. The molecule has 12 heteroatoms. The maximum absolute atomic E-state index is 13.6. The van der Waals surface area contributed by atoms with E-state index >= 15 is 0 Å². The van der Waals surface area contributed by atoms with E-state index in [4.69, 9.17) is 9.47 Å². The van der Waals surface area contributed by atoms with Crippen LogP contribution in [0.2, 0.25) is 0 Å². The van der Waals surface area contributed by atoms with Crippen LogP contribution in [0.15, 0.2) is 71.6 Å². The number of likely N-dealkylation sites (tertiary alicyclic amines) is 1. The molecule has 220 valence electrons. The van der Waals surface area contributed by atoms with Gasteiger partial charge in [0.1, 0.15) is 11.5 Å². The van der Waals surface area contributed by atoms with Crippen molar-refractivity contribution >= 4 is 50.0 Å². The Morgan fingerprint density at radius 1 is 0.905 bits per heavy atom. The van der Waals surface area contributed by atoms with Crippen LogP contribution >= 0.6 is 0 Å². The largest absolute Gasteiger partial charge is 0.497 e. The Labute approximate surface area is 245 Å². The lowest BCUT2D eigenvalue weighted by Gasteiger charge is -2.32. The predicted molar refractivity (Wildman–Crippen MR) is 163 cm³/mol. The molecular formula is C30H34N6O5S. The molecule has 3 aromatic carbocycles. The van der Waals surface area contributed by atoms with Gasteiger partial charge in [0.05, 0.1) is 36.7 Å². The molecule has 1 amide bonds. The first-order valence-corrected chi connectivity index (χ1v) is 15.2. The molecule has 2 heterocycles. The molecule has 1 atom stereocenters. The van der Waals surface area contributed by atoms with Gasteiger partial charge in [-0.05, 0) is 56.6 Å². The quantitative estimate of drug-likeness (QED) is 0.233. The minimum Gasteiger partial charge on any atom is -0.497 e. The number of para-hydroxylation sites is 2. The summed E-state index contributed by atoms with van der Waals surface area (Å²) in [6.45, 7) is 3.25. The molecule has 5 rings (SSSR count). The normalized spacial score (nSPS) is 15.6. The average molecular weight is 591 g/mol. The molecule has 0 bridgehead atoms. The molecular weight excluding hydrogens is 556 g/mol. The van der Waals surface area contributed by atoms with E-state index < -0.39 is 10.0 Å². The van der Waals surface area contributed by atoms with E-state index in [9.17, 15) is 13.2 Å². The van der Waals surface area contributed by atoms with Crippen LogP contribution in [0.1, 0.15) is 26.2 Å². The zero-order chi connectivity index (χ0) is 29.7. The maximum atomic E-state index is 13.6. The second-order valence-corrected chi connectivity index (χ2v) is 11.8. The number of carbonyl (C=O) groups excluding carboxylic acids is 1. The Hall–Kier alpha value is -4.42. The maximum Gasteiger partial charge on any atom is 0.263 e. The van der Waals surface area contributed by atoms with Gasteiger partial charge < -0.3 is 20.1 Å². The van der Waals surface area contributed by atoms with Gasteiger partial charge in [-0.1, -0.05) is 24.6 Å². The third-order valence-electron chi connectivity index (χ3n) is 7.13. The number of rotatable bonds is 10. The highest BCUT2D eigenvalue weighted by Crippen LogP contribution is 2.31. The highest BCUT2D eigenvalue weighted by atomic mass is 32.2. The van der Waals surface area contributed by atoms with Gasteiger partial charge in [-0.25, -0.2) is 18.4 Å². The number of fused-ring (bicyclic) bond motifs is 1. The molecule has 1 aliphatic heterocycles. The third kappa shape index (κ3) is 6.89. The van der Waals surface area contributed by atoms with E-state index in [2.05, 4.69) is 37.1 Å². The number of nitrogens with zero attached hydrogens (tertiary/aromatic N) is 3. The second kappa shape index (κ2) is 12.6. The van der Waals surface area contributed by atoms with E-state index in [0.717, 1.165) is 19.4 Å². The second-order valence-electron chi connectivity index (χ2n) is 10.1. The van der Waals surface area contributed by atoms with Crippen molar-refractivity contribution in [1.29, 1.82) is 0 Å². The first-order valence-electron chi connectivity index (χ1n) is 13.7. The molecule has 0 radical (unpaired) electrons. The van der Waals surface area contributed by atoms with Gasteiger partial charge in [-0.15, -0.1) is 0 Å². The number of piperidine rings is 1. The Kier molecular flexibility index (Phi) is 8.74. The summed E-state index contributed by atoms with van der Waals surface area (Å²) in [5.74, 6) is 1.09. The lowest BCUT2D eigenvalue weighted by atomic mass is 10.0. The number of nitrogens with one attached hydrogen (secondary N) is 3. The standard InChI is InChI=1S/C30H34N6O5S/c1-20-9-6-7-14-36(20)19-28(37)31-21-10-8-11-25(17-21)42(38,39)35-30-29(33-26-12-4-5-13-27(26)34-30)32-22-15-23(40-2)18-24(16-22)41-3/h4-5,8,10-13,15-18,20H,6-7,9,14,19H2,1-3H3,(H,31,37)(H,32,33)(H,34,35). The number of sulfonamides is 1. The van der Waals surface area contributed by atoms with E-state index in [1.165, 1.54) is 18.6 Å². The predicted octanol–water partition coefficient (Wildman–Crippen LogP) is 5.00. The van der Waals surface area contributed by atoms with Gasteiger partial charge in [0.2, 0.25) is 5.91 Å². The van der Waals surface area contributed by atoms with Crippen molar-refractivity contribution < 1.29 is 22.7 Å². The summed E-state index contributed by atoms with van der Waals surface area (Å²) in [7, 11) is -1.04. The van der Waals surface area contributed by atoms with E-state index in [-0.39, 0.29) is 29.0 Å². The first kappa shape index (κ1) is 29.1. The SMILES string of the molecule is COc1cc(Nc2nc3ccccc3nc2NS(=O)(=O)c2cccc(NC(=O)CN3CCCCC3C)c2)cc(OC)c1. The van der Waals surface area contributed by atoms with Gasteiger partial charge in [0.15, 0.2) is 11.6 Å². The van der Waals surface area contributed by atoms with E-state index in [1.54, 1.807) is 62.8 Å². The molecule has 0 saturated carbocycles. The van der Waals surface area contributed by atoms with Crippen molar-refractivity contribution in [2.45, 2.75) is 37.1 Å². The zero-order valence-corrected chi connectivity index (χ0v) is 24.6. The molecule has 1 aromatic heterocycles. The third-order valence-corrected chi connectivity index (χ3v) is 8.47. The lowest BCUT2D eigenvalue weighted by Crippen LogP contribution is -2.42. The van der Waals surface area contributed by atoms with Crippen molar-refractivity contribution in [2.24, 2.45) is 0 Å². The number of methoxy groups -OCH3 is 2. The van der Waals surface area contributed by atoms with Gasteiger partial charge in [0.25, 0.3) is 10.0 Å². The molecule has 1 fully saturated rings. The summed E-state index contributed by atoms with van der Waals surface area (Å²) in [6, 6.07) is 18.8. The Morgan fingerprint density at radius 2 is 1.60 bits per heavy atom. The van der Waals surface area contributed by atoms with Gasteiger partial charge in [-0.2, -0.15) is 0 Å². The summed E-state index contributed by atoms with van der Waals surface area (Å²) in [6.07, 6.45) is 3.29. The minimum absolute atomic E-state index is 0.00371. The molecule has 3 N–H and O–H groups in total. The van der Waals surface area contributed by atoms with Crippen molar-refractivity contribution in [3.8, 4) is 11.5 Å². The van der Waals surface area contributed by atoms with E-state index in [1.807, 2.05) is 6.07 Å². The highest BCUT2D eigenvalue weighted by molar-refractivity contribution is 7.92. The topological polar surface area (TPSA) is 135 Å². The fourth-order valence-electron chi connectivity index (χ4n) is 4.88. The van der Waals surface area contributed by atoms with Crippen LogP contribution < -0.4 is 24.8 Å². The van der Waals surface area contributed by atoms with Crippen LogP contribution in [-0.4, -0.2) is 62.5 Å². The van der Waals surface area contributed by atoms with E-state index in [0.29, 0.717) is 39.9 Å². The molecule has 0 aliphatic carbocycles.